The van der Waals surface area contributed by atoms with Crippen LogP contribution in [-0.2, 0) is 11.3 Å². The van der Waals surface area contributed by atoms with Gasteiger partial charge in [0, 0.05) is 43.4 Å². The van der Waals surface area contributed by atoms with Crippen molar-refractivity contribution in [2.45, 2.75) is 57.3 Å². The number of rotatable bonds is 8. The van der Waals surface area contributed by atoms with Gasteiger partial charge in [-0.3, -0.25) is 14.7 Å². The lowest BCUT2D eigenvalue weighted by molar-refractivity contribution is -0.123. The van der Waals surface area contributed by atoms with Gasteiger partial charge in [-0.15, -0.1) is 0 Å². The lowest BCUT2D eigenvalue weighted by atomic mass is 9.76. The highest BCUT2D eigenvalue weighted by molar-refractivity contribution is 5.81. The molecule has 33 heavy (non-hydrogen) atoms. The smallest absolute Gasteiger partial charge is 0.223 e. The molecule has 0 bridgehead atoms. The largest absolute Gasteiger partial charge is 0.378 e. The molecule has 2 aliphatic heterocycles. The Morgan fingerprint density at radius 2 is 1.85 bits per heavy atom. The van der Waals surface area contributed by atoms with Crippen molar-refractivity contribution >= 4 is 5.91 Å². The minimum absolute atomic E-state index is 0.0116. The molecular weight excluding hydrogens is 412 g/mol. The van der Waals surface area contributed by atoms with Gasteiger partial charge in [-0.2, -0.15) is 0 Å². The van der Waals surface area contributed by atoms with E-state index in [4.69, 9.17) is 0 Å². The van der Waals surface area contributed by atoms with Crippen molar-refractivity contribution in [2.75, 3.05) is 26.2 Å². The molecule has 2 aromatic rings. The molecule has 2 atom stereocenters. The highest BCUT2D eigenvalue weighted by Gasteiger charge is 2.47. The van der Waals surface area contributed by atoms with Gasteiger partial charge in [0.25, 0.3) is 0 Å². The summed E-state index contributed by atoms with van der Waals surface area (Å²) in [6.07, 6.45) is 9.41. The van der Waals surface area contributed by atoms with Crippen molar-refractivity contribution < 1.29 is 9.90 Å². The number of aromatic nitrogens is 1. The third kappa shape index (κ3) is 5.29. The van der Waals surface area contributed by atoms with Crippen LogP contribution in [0.25, 0.3) is 0 Å². The first-order chi connectivity index (χ1) is 16.1. The molecule has 1 amide bonds. The summed E-state index contributed by atoms with van der Waals surface area (Å²) in [6, 6.07) is 14.5. The molecule has 3 aliphatic rings. The number of carbonyl (C=O) groups is 1. The van der Waals surface area contributed by atoms with Gasteiger partial charge in [0.1, 0.15) is 6.23 Å². The number of benzene rings is 1. The van der Waals surface area contributed by atoms with Gasteiger partial charge in [0.15, 0.2) is 0 Å². The van der Waals surface area contributed by atoms with Crippen molar-refractivity contribution in [1.29, 1.82) is 0 Å². The number of hydrogen-bond donors (Lipinski definition) is 2. The van der Waals surface area contributed by atoms with Gasteiger partial charge < -0.3 is 15.3 Å². The van der Waals surface area contributed by atoms with Gasteiger partial charge in [-0.05, 0) is 68.8 Å². The van der Waals surface area contributed by atoms with Crippen molar-refractivity contribution in [3.63, 3.8) is 0 Å². The van der Waals surface area contributed by atoms with Gasteiger partial charge in [0.05, 0.1) is 6.04 Å². The van der Waals surface area contributed by atoms with E-state index < -0.39 is 0 Å². The molecule has 1 aromatic carbocycles. The van der Waals surface area contributed by atoms with E-state index in [2.05, 4.69) is 50.4 Å². The SMILES string of the molecule is O=C(N[C@@H](CCN1CCC2(CC1)CCN(Cc1cccnc1)C2O)c1ccccc1)C1CC1. The van der Waals surface area contributed by atoms with Gasteiger partial charge in [-0.25, -0.2) is 0 Å². The van der Waals surface area contributed by atoms with E-state index in [1.165, 1.54) is 5.56 Å². The zero-order chi connectivity index (χ0) is 22.7. The fourth-order valence-electron chi connectivity index (χ4n) is 5.58. The normalized spacial score (nSPS) is 24.1. The molecule has 176 valence electrons. The van der Waals surface area contributed by atoms with E-state index in [1.54, 1.807) is 6.20 Å². The van der Waals surface area contributed by atoms with Crippen molar-refractivity contribution in [2.24, 2.45) is 11.3 Å². The van der Waals surface area contributed by atoms with E-state index in [-0.39, 0.29) is 29.5 Å². The third-order valence-electron chi connectivity index (χ3n) is 7.95. The summed E-state index contributed by atoms with van der Waals surface area (Å²) in [5.41, 5.74) is 2.36. The number of nitrogens with zero attached hydrogens (tertiary/aromatic N) is 3. The average Bonchev–Trinajstić information content (AvgIpc) is 3.67. The minimum Gasteiger partial charge on any atom is -0.378 e. The van der Waals surface area contributed by atoms with Crippen LogP contribution in [0.3, 0.4) is 0 Å². The summed E-state index contributed by atoms with van der Waals surface area (Å²) in [6.45, 7) is 4.70. The van der Waals surface area contributed by atoms with Gasteiger partial charge in [-0.1, -0.05) is 36.4 Å². The molecule has 0 radical (unpaired) electrons. The molecule has 6 nitrogen and oxygen atoms in total. The summed E-state index contributed by atoms with van der Waals surface area (Å²) < 4.78 is 0. The standard InChI is InChI=1S/C27H36N4O2/c32-25(23-8-9-23)29-24(22-6-2-1-3-7-22)10-15-30-16-11-27(12-17-30)13-18-31(26(27)33)20-21-5-4-14-28-19-21/h1-7,14,19,23-24,26,33H,8-13,15-18,20H2,(H,29,32)/t24-,26?/m0/s1. The molecule has 1 spiro atoms. The Labute approximate surface area is 197 Å². The molecule has 5 rings (SSSR count). The van der Waals surface area contributed by atoms with E-state index in [0.717, 1.165) is 76.8 Å². The number of likely N-dealkylation sites (tertiary alicyclic amines) is 2. The fourth-order valence-corrected chi connectivity index (χ4v) is 5.58. The number of nitrogens with one attached hydrogen (secondary N) is 1. The lowest BCUT2D eigenvalue weighted by Gasteiger charge is -2.42. The van der Waals surface area contributed by atoms with E-state index >= 15 is 0 Å². The van der Waals surface area contributed by atoms with Crippen LogP contribution in [-0.4, -0.2) is 58.2 Å². The lowest BCUT2D eigenvalue weighted by Crippen LogP contribution is -2.47. The van der Waals surface area contributed by atoms with Crippen molar-refractivity contribution in [3.05, 3.63) is 66.0 Å². The molecule has 1 aromatic heterocycles. The number of aliphatic hydroxyl groups excluding tert-OH is 1. The highest BCUT2D eigenvalue weighted by Crippen LogP contribution is 2.45. The minimum atomic E-state index is -0.380. The third-order valence-corrected chi connectivity index (χ3v) is 7.95. The maximum atomic E-state index is 12.4. The summed E-state index contributed by atoms with van der Waals surface area (Å²) in [7, 11) is 0. The monoisotopic (exact) mass is 448 g/mol. The first-order valence-electron chi connectivity index (χ1n) is 12.5. The Morgan fingerprint density at radius 3 is 2.55 bits per heavy atom. The van der Waals surface area contributed by atoms with Crippen LogP contribution in [0.15, 0.2) is 54.9 Å². The molecule has 3 heterocycles. The summed E-state index contributed by atoms with van der Waals surface area (Å²) in [5, 5.41) is 14.5. The van der Waals surface area contributed by atoms with Crippen LogP contribution in [0, 0.1) is 11.3 Å². The quantitative estimate of drug-likeness (QED) is 0.648. The maximum Gasteiger partial charge on any atom is 0.223 e. The molecule has 1 aliphatic carbocycles. The second-order valence-corrected chi connectivity index (χ2v) is 10.2. The van der Waals surface area contributed by atoms with Crippen LogP contribution in [0.5, 0.6) is 0 Å². The molecular formula is C27H36N4O2. The summed E-state index contributed by atoms with van der Waals surface area (Å²) >= 11 is 0. The number of piperidine rings is 1. The summed E-state index contributed by atoms with van der Waals surface area (Å²) in [4.78, 5) is 21.4. The number of pyridine rings is 1. The fraction of sp³-hybridized carbons (Fsp3) is 0.556. The Kier molecular flexibility index (Phi) is 6.76. The predicted octanol–water partition coefficient (Wildman–Crippen LogP) is 3.35. The van der Waals surface area contributed by atoms with E-state index in [9.17, 15) is 9.90 Å². The second-order valence-electron chi connectivity index (χ2n) is 10.2. The van der Waals surface area contributed by atoms with Crippen LogP contribution in [0.1, 0.15) is 55.7 Å². The number of carbonyl (C=O) groups excluding carboxylic acids is 1. The second kappa shape index (κ2) is 9.92. The number of aliphatic hydroxyl groups is 1. The first-order valence-corrected chi connectivity index (χ1v) is 12.5. The van der Waals surface area contributed by atoms with Crippen LogP contribution in [0.4, 0.5) is 0 Å². The van der Waals surface area contributed by atoms with Crippen molar-refractivity contribution in [1.82, 2.24) is 20.1 Å². The van der Waals surface area contributed by atoms with Crippen LogP contribution >= 0.6 is 0 Å². The molecule has 2 saturated heterocycles. The van der Waals surface area contributed by atoms with Crippen LogP contribution < -0.4 is 5.32 Å². The highest BCUT2D eigenvalue weighted by atomic mass is 16.3. The molecule has 2 N–H and O–H groups in total. The Morgan fingerprint density at radius 1 is 1.09 bits per heavy atom. The topological polar surface area (TPSA) is 68.7 Å². The Balaban J connectivity index is 1.14. The predicted molar refractivity (Wildman–Crippen MR) is 128 cm³/mol. The van der Waals surface area contributed by atoms with Crippen molar-refractivity contribution in [3.8, 4) is 0 Å². The molecule has 6 heteroatoms. The van der Waals surface area contributed by atoms with E-state index in [1.807, 2.05) is 18.3 Å². The summed E-state index contributed by atoms with van der Waals surface area (Å²) in [5.74, 6) is 0.439. The van der Waals surface area contributed by atoms with E-state index in [0.29, 0.717) is 0 Å². The van der Waals surface area contributed by atoms with Gasteiger partial charge in [0.2, 0.25) is 5.91 Å². The zero-order valence-electron chi connectivity index (χ0n) is 19.4. The average molecular weight is 449 g/mol. The van der Waals surface area contributed by atoms with Crippen LogP contribution in [0.2, 0.25) is 0 Å². The number of amides is 1. The first kappa shape index (κ1) is 22.5. The number of hydrogen-bond acceptors (Lipinski definition) is 5. The zero-order valence-corrected chi connectivity index (χ0v) is 19.4. The molecule has 1 unspecified atom stereocenters. The Bertz CT molecular complexity index is 910. The maximum absolute atomic E-state index is 12.4. The Hall–Kier alpha value is -2.28. The molecule has 3 fully saturated rings. The van der Waals surface area contributed by atoms with Gasteiger partial charge >= 0.3 is 0 Å². The molecule has 1 saturated carbocycles.